The average molecular weight is 253 g/mol. The van der Waals surface area contributed by atoms with Gasteiger partial charge in [-0.1, -0.05) is 6.07 Å². The SMILES string of the molecule is COc1ccc(C(C)NCC2CC(O)C2)c(F)c1. The van der Waals surface area contributed by atoms with Crippen molar-refractivity contribution in [2.24, 2.45) is 5.92 Å². The predicted molar refractivity (Wildman–Crippen MR) is 68.1 cm³/mol. The molecule has 1 aromatic rings. The minimum absolute atomic E-state index is 0.0337. The molecule has 100 valence electrons. The van der Waals surface area contributed by atoms with Crippen LogP contribution in [0.15, 0.2) is 18.2 Å². The number of halogens is 1. The van der Waals surface area contributed by atoms with Gasteiger partial charge in [-0.3, -0.25) is 0 Å². The molecule has 2 N–H and O–H groups in total. The Labute approximate surface area is 107 Å². The lowest BCUT2D eigenvalue weighted by molar-refractivity contribution is 0.0420. The van der Waals surface area contributed by atoms with Crippen LogP contribution in [-0.4, -0.2) is 24.9 Å². The Morgan fingerprint density at radius 1 is 1.50 bits per heavy atom. The van der Waals surface area contributed by atoms with E-state index >= 15 is 0 Å². The molecule has 1 saturated carbocycles. The second kappa shape index (κ2) is 5.67. The average Bonchev–Trinajstić information content (AvgIpc) is 2.32. The van der Waals surface area contributed by atoms with E-state index in [1.54, 1.807) is 12.1 Å². The topological polar surface area (TPSA) is 41.5 Å². The van der Waals surface area contributed by atoms with E-state index in [9.17, 15) is 9.50 Å². The van der Waals surface area contributed by atoms with E-state index in [1.165, 1.54) is 13.2 Å². The molecule has 1 aliphatic carbocycles. The highest BCUT2D eigenvalue weighted by molar-refractivity contribution is 5.30. The van der Waals surface area contributed by atoms with E-state index in [-0.39, 0.29) is 18.0 Å². The molecular weight excluding hydrogens is 233 g/mol. The van der Waals surface area contributed by atoms with Gasteiger partial charge in [0.05, 0.1) is 13.2 Å². The number of benzene rings is 1. The van der Waals surface area contributed by atoms with Crippen LogP contribution in [-0.2, 0) is 0 Å². The van der Waals surface area contributed by atoms with Crippen LogP contribution in [0.2, 0.25) is 0 Å². The van der Waals surface area contributed by atoms with Crippen LogP contribution in [0, 0.1) is 11.7 Å². The molecule has 1 atom stereocenters. The number of nitrogens with one attached hydrogen (secondary N) is 1. The van der Waals surface area contributed by atoms with Gasteiger partial charge in [0.15, 0.2) is 0 Å². The van der Waals surface area contributed by atoms with Gasteiger partial charge in [0.2, 0.25) is 0 Å². The molecular formula is C14H20FNO2. The van der Waals surface area contributed by atoms with Crippen LogP contribution in [0.25, 0.3) is 0 Å². The number of aliphatic hydroxyl groups excluding tert-OH is 1. The van der Waals surface area contributed by atoms with Gasteiger partial charge in [-0.05, 0) is 38.3 Å². The normalized spacial score (nSPS) is 24.4. The van der Waals surface area contributed by atoms with Crippen LogP contribution in [0.1, 0.15) is 31.4 Å². The highest BCUT2D eigenvalue weighted by atomic mass is 19.1. The third-order valence-electron chi connectivity index (χ3n) is 3.60. The van der Waals surface area contributed by atoms with Gasteiger partial charge in [-0.15, -0.1) is 0 Å². The van der Waals surface area contributed by atoms with E-state index < -0.39 is 0 Å². The first-order chi connectivity index (χ1) is 8.60. The largest absolute Gasteiger partial charge is 0.497 e. The fourth-order valence-electron chi connectivity index (χ4n) is 2.31. The van der Waals surface area contributed by atoms with Crippen molar-refractivity contribution in [1.29, 1.82) is 0 Å². The van der Waals surface area contributed by atoms with Gasteiger partial charge >= 0.3 is 0 Å². The monoisotopic (exact) mass is 253 g/mol. The van der Waals surface area contributed by atoms with Crippen LogP contribution < -0.4 is 10.1 Å². The highest BCUT2D eigenvalue weighted by Crippen LogP contribution is 2.27. The highest BCUT2D eigenvalue weighted by Gasteiger charge is 2.27. The number of aliphatic hydroxyl groups is 1. The third-order valence-corrected chi connectivity index (χ3v) is 3.60. The maximum absolute atomic E-state index is 13.8. The maximum atomic E-state index is 13.8. The van der Waals surface area contributed by atoms with Crippen molar-refractivity contribution < 1.29 is 14.2 Å². The van der Waals surface area contributed by atoms with Crippen LogP contribution in [0.4, 0.5) is 4.39 Å². The zero-order chi connectivity index (χ0) is 13.1. The van der Waals surface area contributed by atoms with Crippen LogP contribution in [0.5, 0.6) is 5.75 Å². The predicted octanol–water partition coefficient (Wildman–Crippen LogP) is 2.26. The Bertz CT molecular complexity index is 405. The number of methoxy groups -OCH3 is 1. The molecule has 0 radical (unpaired) electrons. The number of hydrogen-bond acceptors (Lipinski definition) is 3. The molecule has 4 heteroatoms. The number of hydrogen-bond donors (Lipinski definition) is 2. The fraction of sp³-hybridized carbons (Fsp3) is 0.571. The quantitative estimate of drug-likeness (QED) is 0.845. The van der Waals surface area contributed by atoms with E-state index in [0.717, 1.165) is 19.4 Å². The molecule has 18 heavy (non-hydrogen) atoms. The minimum atomic E-state index is -0.247. The second-order valence-corrected chi connectivity index (χ2v) is 5.01. The first-order valence-electron chi connectivity index (χ1n) is 6.35. The Morgan fingerprint density at radius 3 is 2.78 bits per heavy atom. The van der Waals surface area contributed by atoms with E-state index in [0.29, 0.717) is 17.2 Å². The Morgan fingerprint density at radius 2 is 2.22 bits per heavy atom. The molecule has 1 fully saturated rings. The second-order valence-electron chi connectivity index (χ2n) is 5.01. The van der Waals surface area contributed by atoms with Gasteiger partial charge in [0, 0.05) is 17.7 Å². The summed E-state index contributed by atoms with van der Waals surface area (Å²) in [4.78, 5) is 0. The maximum Gasteiger partial charge on any atom is 0.131 e. The molecule has 0 bridgehead atoms. The van der Waals surface area contributed by atoms with Crippen molar-refractivity contribution in [3.63, 3.8) is 0 Å². The standard InChI is InChI=1S/C14H20FNO2/c1-9(16-8-10-5-11(17)6-10)13-4-3-12(18-2)7-14(13)15/h3-4,7,9-11,16-17H,5-6,8H2,1-2H3. The van der Waals surface area contributed by atoms with Gasteiger partial charge in [-0.25, -0.2) is 4.39 Å². The van der Waals surface area contributed by atoms with Gasteiger partial charge in [0.1, 0.15) is 11.6 Å². The summed E-state index contributed by atoms with van der Waals surface area (Å²) in [6.45, 7) is 2.77. The lowest BCUT2D eigenvalue weighted by atomic mass is 9.82. The van der Waals surface area contributed by atoms with Gasteiger partial charge < -0.3 is 15.2 Å². The van der Waals surface area contributed by atoms with Crippen molar-refractivity contribution in [2.75, 3.05) is 13.7 Å². The summed E-state index contributed by atoms with van der Waals surface area (Å²) in [6.07, 6.45) is 1.57. The Balaban J connectivity index is 1.89. The summed E-state index contributed by atoms with van der Waals surface area (Å²) in [5.74, 6) is 0.803. The fourth-order valence-corrected chi connectivity index (χ4v) is 2.31. The number of rotatable bonds is 5. The summed E-state index contributed by atoms with van der Waals surface area (Å²) >= 11 is 0. The molecule has 0 amide bonds. The summed E-state index contributed by atoms with van der Waals surface area (Å²) in [5, 5.41) is 12.5. The molecule has 2 rings (SSSR count). The molecule has 3 nitrogen and oxygen atoms in total. The molecule has 0 saturated heterocycles. The lowest BCUT2D eigenvalue weighted by Crippen LogP contribution is -2.37. The zero-order valence-electron chi connectivity index (χ0n) is 10.8. The zero-order valence-corrected chi connectivity index (χ0v) is 10.8. The Kier molecular flexibility index (Phi) is 4.19. The molecule has 1 aromatic carbocycles. The van der Waals surface area contributed by atoms with Crippen molar-refractivity contribution in [3.8, 4) is 5.75 Å². The minimum Gasteiger partial charge on any atom is -0.497 e. The molecule has 0 aliphatic heterocycles. The smallest absolute Gasteiger partial charge is 0.131 e. The van der Waals surface area contributed by atoms with E-state index in [4.69, 9.17) is 4.74 Å². The summed E-state index contributed by atoms with van der Waals surface area (Å²) < 4.78 is 18.8. The Hall–Kier alpha value is -1.13. The summed E-state index contributed by atoms with van der Waals surface area (Å²) in [7, 11) is 1.53. The van der Waals surface area contributed by atoms with Crippen LogP contribution in [0.3, 0.4) is 0 Å². The number of ether oxygens (including phenoxy) is 1. The van der Waals surface area contributed by atoms with Crippen LogP contribution >= 0.6 is 0 Å². The molecule has 0 aromatic heterocycles. The van der Waals surface area contributed by atoms with E-state index in [1.807, 2.05) is 6.92 Å². The van der Waals surface area contributed by atoms with Crippen molar-refractivity contribution in [2.45, 2.75) is 31.9 Å². The van der Waals surface area contributed by atoms with Crippen molar-refractivity contribution in [3.05, 3.63) is 29.6 Å². The van der Waals surface area contributed by atoms with Gasteiger partial charge in [0.25, 0.3) is 0 Å². The molecule has 0 heterocycles. The van der Waals surface area contributed by atoms with Crippen molar-refractivity contribution >= 4 is 0 Å². The molecule has 1 aliphatic rings. The molecule has 1 unspecified atom stereocenters. The first-order valence-corrected chi connectivity index (χ1v) is 6.35. The molecule has 0 spiro atoms. The summed E-state index contributed by atoms with van der Waals surface area (Å²) in [6, 6.07) is 4.89. The summed E-state index contributed by atoms with van der Waals surface area (Å²) in [5.41, 5.74) is 0.649. The third kappa shape index (κ3) is 3.00. The first kappa shape index (κ1) is 13.3. The van der Waals surface area contributed by atoms with Gasteiger partial charge in [-0.2, -0.15) is 0 Å². The van der Waals surface area contributed by atoms with E-state index in [2.05, 4.69) is 5.32 Å². The lowest BCUT2D eigenvalue weighted by Gasteiger charge is -2.32. The van der Waals surface area contributed by atoms with Crippen molar-refractivity contribution in [1.82, 2.24) is 5.32 Å².